The standard InChI is InChI=1S/C31H37ClFN5O/c32-24-3-1-4-26(17-24)36-25-9-13-37(14-10-25)19-22-5-8-31-29(15-22)30(20-38(31)12-2-11-34)28-7-6-27(39-21-33)16-23(28)18-35/h1,3-8,15-17,20,25,36H,2,9-14,18-19,21,34-35H2. The second kappa shape index (κ2) is 12.8. The number of hydrogen-bond acceptors (Lipinski definition) is 5. The van der Waals surface area contributed by atoms with Crippen molar-refractivity contribution < 1.29 is 9.13 Å². The van der Waals surface area contributed by atoms with E-state index in [9.17, 15) is 4.39 Å². The maximum Gasteiger partial charge on any atom is 0.228 e. The number of hydrogen-bond donors (Lipinski definition) is 3. The van der Waals surface area contributed by atoms with Crippen LogP contribution in [0, 0.1) is 0 Å². The molecule has 2 heterocycles. The molecule has 0 atom stereocenters. The van der Waals surface area contributed by atoms with Gasteiger partial charge in [-0.25, -0.2) is 4.39 Å². The molecule has 1 saturated heterocycles. The molecule has 6 nitrogen and oxygen atoms in total. The molecular formula is C31H37ClFN5O. The molecular weight excluding hydrogens is 513 g/mol. The summed E-state index contributed by atoms with van der Waals surface area (Å²) >= 11 is 6.15. The highest BCUT2D eigenvalue weighted by Crippen LogP contribution is 2.35. The van der Waals surface area contributed by atoms with E-state index in [0.717, 1.165) is 72.8 Å². The van der Waals surface area contributed by atoms with E-state index in [1.807, 2.05) is 36.4 Å². The Labute approximate surface area is 234 Å². The van der Waals surface area contributed by atoms with Crippen molar-refractivity contribution in [3.63, 3.8) is 0 Å². The van der Waals surface area contributed by atoms with Gasteiger partial charge in [-0.2, -0.15) is 0 Å². The molecule has 1 aliphatic heterocycles. The fourth-order valence-corrected chi connectivity index (χ4v) is 5.76. The summed E-state index contributed by atoms with van der Waals surface area (Å²) in [7, 11) is 0. The van der Waals surface area contributed by atoms with Crippen LogP contribution in [0.1, 0.15) is 30.4 Å². The van der Waals surface area contributed by atoms with Crippen LogP contribution in [0.4, 0.5) is 10.1 Å². The van der Waals surface area contributed by atoms with E-state index in [4.69, 9.17) is 27.8 Å². The maximum absolute atomic E-state index is 12.8. The quantitative estimate of drug-likeness (QED) is 0.209. The first-order valence-electron chi connectivity index (χ1n) is 13.7. The first kappa shape index (κ1) is 27.5. The van der Waals surface area contributed by atoms with Crippen molar-refractivity contribution in [2.45, 2.75) is 44.9 Å². The summed E-state index contributed by atoms with van der Waals surface area (Å²) < 4.78 is 20.1. The number of aryl methyl sites for hydroxylation is 1. The molecule has 1 aliphatic rings. The summed E-state index contributed by atoms with van der Waals surface area (Å²) in [6, 6.07) is 20.8. The molecule has 39 heavy (non-hydrogen) atoms. The molecule has 0 aliphatic carbocycles. The number of aromatic nitrogens is 1. The van der Waals surface area contributed by atoms with Crippen LogP contribution in [-0.4, -0.2) is 42.0 Å². The summed E-state index contributed by atoms with van der Waals surface area (Å²) in [5.41, 5.74) is 18.6. The molecule has 0 saturated carbocycles. The molecule has 0 unspecified atom stereocenters. The minimum atomic E-state index is -0.862. The highest BCUT2D eigenvalue weighted by Gasteiger charge is 2.20. The Balaban J connectivity index is 1.36. The van der Waals surface area contributed by atoms with Crippen LogP contribution in [0.3, 0.4) is 0 Å². The number of nitrogens with one attached hydrogen (secondary N) is 1. The van der Waals surface area contributed by atoms with Crippen LogP contribution >= 0.6 is 11.6 Å². The molecule has 0 bridgehead atoms. The minimum Gasteiger partial charge on any atom is -0.463 e. The SMILES string of the molecule is NCCCn1cc(-c2ccc(OCF)cc2CN)c2cc(CN3CCC(Nc4cccc(Cl)c4)CC3)ccc21. The number of rotatable bonds is 11. The predicted octanol–water partition coefficient (Wildman–Crippen LogP) is 6.15. The van der Waals surface area contributed by atoms with Gasteiger partial charge in [-0.3, -0.25) is 4.90 Å². The number of nitrogens with two attached hydrogens (primary N) is 2. The number of halogens is 2. The lowest BCUT2D eigenvalue weighted by Gasteiger charge is -2.33. The van der Waals surface area contributed by atoms with E-state index >= 15 is 0 Å². The largest absolute Gasteiger partial charge is 0.463 e. The molecule has 1 aromatic heterocycles. The number of likely N-dealkylation sites (tertiary alicyclic amines) is 1. The van der Waals surface area contributed by atoms with Crippen molar-refractivity contribution in [3.05, 3.63) is 83.0 Å². The zero-order valence-corrected chi connectivity index (χ0v) is 23.0. The number of benzene rings is 3. The number of ether oxygens (including phenoxy) is 1. The molecule has 0 radical (unpaired) electrons. The number of alkyl halides is 1. The second-order valence-corrected chi connectivity index (χ2v) is 10.6. The summed E-state index contributed by atoms with van der Waals surface area (Å²) in [6.45, 7) is 3.94. The van der Waals surface area contributed by atoms with E-state index in [1.54, 1.807) is 0 Å². The van der Waals surface area contributed by atoms with E-state index < -0.39 is 6.86 Å². The first-order chi connectivity index (χ1) is 19.1. The van der Waals surface area contributed by atoms with Gasteiger partial charge in [-0.15, -0.1) is 0 Å². The lowest BCUT2D eigenvalue weighted by atomic mass is 9.97. The topological polar surface area (TPSA) is 81.5 Å². The van der Waals surface area contributed by atoms with Crippen molar-refractivity contribution >= 4 is 28.2 Å². The summed E-state index contributed by atoms with van der Waals surface area (Å²) in [5.74, 6) is 0.488. The third kappa shape index (κ3) is 6.56. The minimum absolute atomic E-state index is 0.339. The number of fused-ring (bicyclic) bond motifs is 1. The molecule has 0 spiro atoms. The number of nitrogens with zero attached hydrogens (tertiary/aromatic N) is 2. The van der Waals surface area contributed by atoms with Gasteiger partial charge in [-0.1, -0.05) is 29.8 Å². The van der Waals surface area contributed by atoms with Crippen LogP contribution < -0.4 is 21.5 Å². The van der Waals surface area contributed by atoms with Crippen LogP contribution in [0.2, 0.25) is 5.02 Å². The fourth-order valence-electron chi connectivity index (χ4n) is 5.57. The van der Waals surface area contributed by atoms with Crippen LogP contribution in [-0.2, 0) is 19.6 Å². The van der Waals surface area contributed by atoms with Gasteiger partial charge in [0, 0.05) is 72.1 Å². The monoisotopic (exact) mass is 549 g/mol. The molecule has 4 aromatic rings. The average molecular weight is 550 g/mol. The normalized spacial score (nSPS) is 14.7. The Morgan fingerprint density at radius 1 is 1.00 bits per heavy atom. The Bertz CT molecular complexity index is 1400. The molecule has 206 valence electrons. The van der Waals surface area contributed by atoms with Gasteiger partial charge in [-0.05, 0) is 85.0 Å². The molecule has 1 fully saturated rings. The highest BCUT2D eigenvalue weighted by atomic mass is 35.5. The van der Waals surface area contributed by atoms with Crippen molar-refractivity contribution in [2.24, 2.45) is 11.5 Å². The van der Waals surface area contributed by atoms with E-state index in [2.05, 4.69) is 45.2 Å². The Morgan fingerprint density at radius 3 is 2.59 bits per heavy atom. The van der Waals surface area contributed by atoms with Gasteiger partial charge in [0.25, 0.3) is 0 Å². The number of piperidine rings is 1. The fraction of sp³-hybridized carbons (Fsp3) is 0.355. The third-order valence-electron chi connectivity index (χ3n) is 7.55. The lowest BCUT2D eigenvalue weighted by Crippen LogP contribution is -2.38. The van der Waals surface area contributed by atoms with Crippen LogP contribution in [0.25, 0.3) is 22.0 Å². The molecule has 0 amide bonds. The van der Waals surface area contributed by atoms with Crippen molar-refractivity contribution in [1.82, 2.24) is 9.47 Å². The van der Waals surface area contributed by atoms with Crippen molar-refractivity contribution in [3.8, 4) is 16.9 Å². The van der Waals surface area contributed by atoms with E-state index in [1.165, 1.54) is 16.5 Å². The van der Waals surface area contributed by atoms with E-state index in [0.29, 0.717) is 24.9 Å². The van der Waals surface area contributed by atoms with Gasteiger partial charge in [0.2, 0.25) is 6.86 Å². The van der Waals surface area contributed by atoms with Crippen LogP contribution in [0.5, 0.6) is 5.75 Å². The number of anilines is 1. The van der Waals surface area contributed by atoms with Gasteiger partial charge in [0.05, 0.1) is 0 Å². The zero-order chi connectivity index (χ0) is 27.2. The van der Waals surface area contributed by atoms with Gasteiger partial charge in [0.15, 0.2) is 0 Å². The smallest absolute Gasteiger partial charge is 0.228 e. The Kier molecular flexibility index (Phi) is 9.04. The highest BCUT2D eigenvalue weighted by molar-refractivity contribution is 6.30. The Morgan fingerprint density at radius 2 is 1.85 bits per heavy atom. The van der Waals surface area contributed by atoms with E-state index in [-0.39, 0.29) is 0 Å². The maximum atomic E-state index is 12.8. The van der Waals surface area contributed by atoms with Gasteiger partial charge >= 0.3 is 0 Å². The molecule has 3 aromatic carbocycles. The van der Waals surface area contributed by atoms with Crippen LogP contribution in [0.15, 0.2) is 66.9 Å². The summed E-state index contributed by atoms with van der Waals surface area (Å²) in [5, 5.41) is 5.58. The zero-order valence-electron chi connectivity index (χ0n) is 22.2. The van der Waals surface area contributed by atoms with Gasteiger partial charge < -0.3 is 26.1 Å². The third-order valence-corrected chi connectivity index (χ3v) is 7.78. The van der Waals surface area contributed by atoms with Crippen molar-refractivity contribution in [1.29, 1.82) is 0 Å². The van der Waals surface area contributed by atoms with Crippen molar-refractivity contribution in [2.75, 3.05) is 31.8 Å². The van der Waals surface area contributed by atoms with Gasteiger partial charge in [0.1, 0.15) is 5.75 Å². The molecule has 8 heteroatoms. The molecule has 5 N–H and O–H groups in total. The molecule has 5 rings (SSSR count). The first-order valence-corrected chi connectivity index (χ1v) is 14.0. The second-order valence-electron chi connectivity index (χ2n) is 10.2. The summed E-state index contributed by atoms with van der Waals surface area (Å²) in [6.07, 6.45) is 5.27. The summed E-state index contributed by atoms with van der Waals surface area (Å²) in [4.78, 5) is 2.52. The average Bonchev–Trinajstić information content (AvgIpc) is 3.30. The lowest BCUT2D eigenvalue weighted by molar-refractivity contribution is 0.191. The predicted molar refractivity (Wildman–Crippen MR) is 159 cm³/mol. The Hall–Kier alpha value is -3.10.